The largest absolute Gasteiger partial charge is 0.507 e. The van der Waals surface area contributed by atoms with E-state index in [4.69, 9.17) is 5.11 Å². The Morgan fingerprint density at radius 2 is 1.65 bits per heavy atom. The van der Waals surface area contributed by atoms with Crippen molar-refractivity contribution in [2.24, 2.45) is 17.8 Å². The first kappa shape index (κ1) is 33.1. The van der Waals surface area contributed by atoms with Crippen LogP contribution in [0.25, 0.3) is 22.4 Å². The van der Waals surface area contributed by atoms with Crippen molar-refractivity contribution in [3.63, 3.8) is 0 Å². The van der Waals surface area contributed by atoms with E-state index in [-0.39, 0.29) is 37.1 Å². The molecule has 8 nitrogen and oxygen atoms in total. The number of carbonyl (C=O) groups is 3. The van der Waals surface area contributed by atoms with E-state index in [0.29, 0.717) is 50.5 Å². The summed E-state index contributed by atoms with van der Waals surface area (Å²) < 4.78 is 0. The lowest BCUT2D eigenvalue weighted by atomic mass is 9.67. The second-order valence-corrected chi connectivity index (χ2v) is 12.4. The van der Waals surface area contributed by atoms with E-state index in [1.54, 1.807) is 6.07 Å². The number of carbonyl (C=O) groups excluding carboxylic acids is 2. The minimum Gasteiger partial charge on any atom is -0.507 e. The van der Waals surface area contributed by atoms with Crippen LogP contribution in [0.15, 0.2) is 77.9 Å². The van der Waals surface area contributed by atoms with Gasteiger partial charge >= 0.3 is 5.97 Å². The molecule has 4 N–H and O–H groups in total. The maximum atomic E-state index is 13.6. The van der Waals surface area contributed by atoms with Crippen molar-refractivity contribution in [2.75, 3.05) is 13.2 Å². The summed E-state index contributed by atoms with van der Waals surface area (Å²) in [4.78, 5) is 39.1. The molecule has 4 atom stereocenters. The van der Waals surface area contributed by atoms with Crippen LogP contribution in [0.2, 0.25) is 0 Å². The number of aliphatic hydroxyl groups excluding tert-OH is 2. The third kappa shape index (κ3) is 6.93. The Labute approximate surface area is 269 Å². The predicted octanol–water partition coefficient (Wildman–Crippen LogP) is 6.19. The Bertz CT molecular complexity index is 1640. The van der Waals surface area contributed by atoms with Crippen molar-refractivity contribution in [1.29, 1.82) is 0 Å². The summed E-state index contributed by atoms with van der Waals surface area (Å²) in [5.41, 5.74) is 4.56. The molecule has 1 saturated heterocycles. The van der Waals surface area contributed by atoms with Crippen LogP contribution >= 0.6 is 0 Å². The average molecular weight is 626 g/mol. The standard InChI is InChI=1S/C38H43NO7/c1-2-24-22-30-36(38(46)39(37(30)45)20-10-4-7-15-34(43)44)31(23-40)35(24)33(42)19-16-26(25-11-5-3-6-12-25)21-27-17-18-32(41)29-14-9-8-13-28(27)29/h3,5-6,8-9,11-14,17-18,21,30-31,33,36,40-42H,2,4,7,10,15-16,19-20,22-23H2,1H3,(H,43,44)/b26-21-/t30-,31+,33-,36-/m1/s1. The number of aliphatic carboxylic acids is 1. The number of likely N-dealkylation sites (tertiary alicyclic amines) is 1. The first-order valence-corrected chi connectivity index (χ1v) is 16.3. The molecule has 0 bridgehead atoms. The molecular formula is C38H43NO7. The molecule has 8 heteroatoms. The highest BCUT2D eigenvalue weighted by molar-refractivity contribution is 6.06. The van der Waals surface area contributed by atoms with Crippen LogP contribution in [0, 0.1) is 17.8 Å². The first-order chi connectivity index (χ1) is 22.2. The number of benzene rings is 3. The number of allylic oxidation sites excluding steroid dienone is 2. The number of hydrogen-bond donors (Lipinski definition) is 4. The van der Waals surface area contributed by atoms with Gasteiger partial charge in [0.15, 0.2) is 0 Å². The van der Waals surface area contributed by atoms with Crippen molar-refractivity contribution in [3.8, 4) is 5.75 Å². The second-order valence-electron chi connectivity index (χ2n) is 12.4. The van der Waals surface area contributed by atoms with Gasteiger partial charge in [0.25, 0.3) is 0 Å². The van der Waals surface area contributed by atoms with E-state index >= 15 is 0 Å². The van der Waals surface area contributed by atoms with Crippen molar-refractivity contribution < 1.29 is 34.8 Å². The molecule has 46 heavy (non-hydrogen) atoms. The van der Waals surface area contributed by atoms with Gasteiger partial charge in [0.05, 0.1) is 24.5 Å². The van der Waals surface area contributed by atoms with Crippen LogP contribution in [0.5, 0.6) is 5.75 Å². The van der Waals surface area contributed by atoms with Crippen LogP contribution in [-0.4, -0.2) is 62.4 Å². The number of carboxylic acids is 1. The Kier molecular flexibility index (Phi) is 10.7. The Balaban J connectivity index is 1.38. The van der Waals surface area contributed by atoms with Crippen molar-refractivity contribution in [2.45, 2.75) is 64.4 Å². The number of imide groups is 1. The van der Waals surface area contributed by atoms with Crippen LogP contribution in [0.4, 0.5) is 0 Å². The molecule has 1 aliphatic heterocycles. The maximum Gasteiger partial charge on any atom is 0.303 e. The molecule has 1 heterocycles. The van der Waals surface area contributed by atoms with E-state index in [9.17, 15) is 29.7 Å². The van der Waals surface area contributed by atoms with Crippen LogP contribution in [-0.2, 0) is 14.4 Å². The number of hydrogen-bond acceptors (Lipinski definition) is 6. The molecule has 0 spiro atoms. The van der Waals surface area contributed by atoms with Crippen LogP contribution < -0.4 is 0 Å². The van der Waals surface area contributed by atoms with Gasteiger partial charge in [0.2, 0.25) is 11.8 Å². The van der Waals surface area contributed by atoms with Crippen molar-refractivity contribution in [3.05, 3.63) is 89.0 Å². The lowest BCUT2D eigenvalue weighted by molar-refractivity contribution is -0.141. The monoisotopic (exact) mass is 625 g/mol. The fraction of sp³-hybridized carbons (Fsp3) is 0.395. The lowest BCUT2D eigenvalue weighted by Crippen LogP contribution is -2.39. The molecule has 2 aliphatic rings. The normalized spacial score (nSPS) is 20.8. The number of rotatable bonds is 14. The minimum absolute atomic E-state index is 0.0530. The molecule has 0 aromatic heterocycles. The van der Waals surface area contributed by atoms with Gasteiger partial charge in [0.1, 0.15) is 5.75 Å². The molecule has 242 valence electrons. The predicted molar refractivity (Wildman–Crippen MR) is 177 cm³/mol. The SMILES string of the molecule is CCC1=C([C@H](O)CC/C(=C/c2ccc(O)c3ccccc23)c2ccccc2)[C@H](CO)[C@@H]2C(=O)N(CCCCCC(=O)O)C(=O)[C@@H]2C1. The van der Waals surface area contributed by atoms with E-state index in [0.717, 1.165) is 33.0 Å². The molecule has 0 unspecified atom stereocenters. The van der Waals surface area contributed by atoms with Gasteiger partial charge in [-0.05, 0) is 72.3 Å². The summed E-state index contributed by atoms with van der Waals surface area (Å²) in [6.07, 6.45) is 4.70. The third-order valence-corrected chi connectivity index (χ3v) is 9.63. The molecule has 3 aromatic rings. The molecule has 5 rings (SSSR count). The summed E-state index contributed by atoms with van der Waals surface area (Å²) in [5, 5.41) is 43.3. The van der Waals surface area contributed by atoms with Gasteiger partial charge in [0, 0.05) is 24.3 Å². The zero-order valence-electron chi connectivity index (χ0n) is 26.3. The summed E-state index contributed by atoms with van der Waals surface area (Å²) in [6, 6.07) is 21.2. The van der Waals surface area contributed by atoms with Gasteiger partial charge in [-0.25, -0.2) is 0 Å². The van der Waals surface area contributed by atoms with Crippen LogP contribution in [0.3, 0.4) is 0 Å². The number of carboxylic acid groups (broad SMARTS) is 1. The molecule has 1 fully saturated rings. The summed E-state index contributed by atoms with van der Waals surface area (Å²) in [5.74, 6) is -3.12. The molecule has 0 radical (unpaired) electrons. The Hall–Kier alpha value is -4.27. The lowest BCUT2D eigenvalue weighted by Gasteiger charge is -2.36. The fourth-order valence-electron chi connectivity index (χ4n) is 7.33. The number of aromatic hydroxyl groups is 1. The van der Waals surface area contributed by atoms with Gasteiger partial charge in [-0.15, -0.1) is 0 Å². The number of phenolic OH excluding ortho intramolecular Hbond substituents is 1. The van der Waals surface area contributed by atoms with E-state index in [2.05, 4.69) is 6.08 Å². The smallest absolute Gasteiger partial charge is 0.303 e. The van der Waals surface area contributed by atoms with Gasteiger partial charge in [-0.1, -0.05) is 85.7 Å². The molecular weight excluding hydrogens is 582 g/mol. The minimum atomic E-state index is -0.912. The second kappa shape index (κ2) is 14.9. The number of unbranched alkanes of at least 4 members (excludes halogenated alkanes) is 2. The molecule has 1 aliphatic carbocycles. The molecule has 2 amide bonds. The fourth-order valence-corrected chi connectivity index (χ4v) is 7.33. The quantitative estimate of drug-likeness (QED) is 0.0726. The number of nitrogens with zero attached hydrogens (tertiary/aromatic N) is 1. The first-order valence-electron chi connectivity index (χ1n) is 16.3. The number of phenols is 1. The van der Waals surface area contributed by atoms with E-state index in [1.165, 1.54) is 4.90 Å². The van der Waals surface area contributed by atoms with E-state index in [1.807, 2.05) is 67.6 Å². The summed E-state index contributed by atoms with van der Waals surface area (Å²) >= 11 is 0. The highest BCUT2D eigenvalue weighted by atomic mass is 16.4. The van der Waals surface area contributed by atoms with Crippen LogP contribution in [0.1, 0.15) is 69.4 Å². The highest BCUT2D eigenvalue weighted by Gasteiger charge is 2.54. The summed E-state index contributed by atoms with van der Waals surface area (Å²) in [7, 11) is 0. The average Bonchev–Trinajstić information content (AvgIpc) is 3.31. The molecule has 0 saturated carbocycles. The molecule has 3 aromatic carbocycles. The number of amides is 2. The zero-order chi connectivity index (χ0) is 32.8. The maximum absolute atomic E-state index is 13.6. The number of fused-ring (bicyclic) bond motifs is 2. The van der Waals surface area contributed by atoms with Crippen molar-refractivity contribution in [1.82, 2.24) is 4.90 Å². The highest BCUT2D eigenvalue weighted by Crippen LogP contribution is 2.47. The topological polar surface area (TPSA) is 135 Å². The summed E-state index contributed by atoms with van der Waals surface area (Å²) in [6.45, 7) is 1.87. The van der Waals surface area contributed by atoms with Gasteiger partial charge in [-0.3, -0.25) is 19.3 Å². The Morgan fingerprint density at radius 3 is 2.35 bits per heavy atom. The van der Waals surface area contributed by atoms with E-state index < -0.39 is 29.8 Å². The third-order valence-electron chi connectivity index (χ3n) is 9.63. The van der Waals surface area contributed by atoms with Gasteiger partial charge < -0.3 is 20.4 Å². The zero-order valence-corrected chi connectivity index (χ0v) is 26.3. The van der Waals surface area contributed by atoms with Crippen molar-refractivity contribution >= 4 is 40.2 Å². The Morgan fingerprint density at radius 1 is 0.935 bits per heavy atom. The number of aliphatic hydroxyl groups is 2. The van der Waals surface area contributed by atoms with Gasteiger partial charge in [-0.2, -0.15) is 0 Å².